The van der Waals surface area contributed by atoms with E-state index in [4.69, 9.17) is 0 Å². The van der Waals surface area contributed by atoms with Crippen LogP contribution >= 0.6 is 0 Å². The standard InChI is InChI=1S/C9H14N6/c1-14(2)4-3-13-15-7-10-8-5-11-12-6-9(8)15/h5-7,13H,3-4H2,1-2H3. The van der Waals surface area contributed by atoms with E-state index in [-0.39, 0.29) is 0 Å². The monoisotopic (exact) mass is 206 g/mol. The van der Waals surface area contributed by atoms with Crippen molar-refractivity contribution in [3.8, 4) is 0 Å². The molecule has 2 heterocycles. The van der Waals surface area contributed by atoms with Gasteiger partial charge in [-0.25, -0.2) is 9.66 Å². The number of nitrogens with one attached hydrogen (secondary N) is 1. The summed E-state index contributed by atoms with van der Waals surface area (Å²) < 4.78 is 1.87. The molecule has 2 aromatic heterocycles. The molecule has 0 aliphatic rings. The third-order valence-corrected chi connectivity index (χ3v) is 2.10. The Kier molecular flexibility index (Phi) is 2.77. The van der Waals surface area contributed by atoms with Crippen LogP contribution < -0.4 is 5.43 Å². The molecule has 2 rings (SSSR count). The lowest BCUT2D eigenvalue weighted by molar-refractivity contribution is 0.420. The molecular weight excluding hydrogens is 192 g/mol. The Bertz CT molecular complexity index is 435. The van der Waals surface area contributed by atoms with Crippen LogP contribution in [0.2, 0.25) is 0 Å². The molecule has 0 aliphatic heterocycles. The zero-order chi connectivity index (χ0) is 10.7. The minimum atomic E-state index is 0.849. The van der Waals surface area contributed by atoms with Crippen molar-refractivity contribution >= 4 is 11.0 Å². The Hall–Kier alpha value is -1.69. The lowest BCUT2D eigenvalue weighted by atomic mass is 10.5. The summed E-state index contributed by atoms with van der Waals surface area (Å²) in [7, 11) is 4.08. The summed E-state index contributed by atoms with van der Waals surface area (Å²) >= 11 is 0. The van der Waals surface area contributed by atoms with Crippen molar-refractivity contribution < 1.29 is 0 Å². The van der Waals surface area contributed by atoms with Crippen molar-refractivity contribution in [2.24, 2.45) is 0 Å². The number of hydrogen-bond donors (Lipinski definition) is 1. The van der Waals surface area contributed by atoms with E-state index in [1.807, 2.05) is 18.8 Å². The number of hydrogen-bond acceptors (Lipinski definition) is 5. The van der Waals surface area contributed by atoms with Gasteiger partial charge in [-0.15, -0.1) is 0 Å². The number of aromatic nitrogens is 4. The van der Waals surface area contributed by atoms with E-state index in [0.717, 1.165) is 24.1 Å². The first-order valence-corrected chi connectivity index (χ1v) is 4.80. The second kappa shape index (κ2) is 4.22. The highest BCUT2D eigenvalue weighted by Crippen LogP contribution is 2.06. The van der Waals surface area contributed by atoms with Gasteiger partial charge in [0.2, 0.25) is 0 Å². The molecule has 0 fully saturated rings. The number of imidazole rings is 1. The second-order valence-corrected chi connectivity index (χ2v) is 3.59. The van der Waals surface area contributed by atoms with Gasteiger partial charge in [-0.1, -0.05) is 0 Å². The van der Waals surface area contributed by atoms with Crippen LogP contribution in [0.5, 0.6) is 0 Å². The van der Waals surface area contributed by atoms with Gasteiger partial charge < -0.3 is 10.3 Å². The predicted molar refractivity (Wildman–Crippen MR) is 58.1 cm³/mol. The van der Waals surface area contributed by atoms with E-state index in [1.54, 1.807) is 18.7 Å². The maximum atomic E-state index is 4.20. The van der Waals surface area contributed by atoms with Crippen LogP contribution in [0.25, 0.3) is 11.0 Å². The Morgan fingerprint density at radius 1 is 1.33 bits per heavy atom. The SMILES string of the molecule is CN(C)CCNn1cnc2cnncc21. The fraction of sp³-hybridized carbons (Fsp3) is 0.444. The molecule has 0 saturated carbocycles. The molecule has 0 radical (unpaired) electrons. The van der Waals surface area contributed by atoms with Gasteiger partial charge in [0.15, 0.2) is 0 Å². The van der Waals surface area contributed by atoms with Gasteiger partial charge in [0.25, 0.3) is 0 Å². The second-order valence-electron chi connectivity index (χ2n) is 3.59. The summed E-state index contributed by atoms with van der Waals surface area (Å²) in [5.41, 5.74) is 5.04. The fourth-order valence-electron chi connectivity index (χ4n) is 1.30. The molecule has 0 spiro atoms. The molecule has 0 bridgehead atoms. The van der Waals surface area contributed by atoms with E-state index in [9.17, 15) is 0 Å². The number of fused-ring (bicyclic) bond motifs is 1. The molecule has 0 aliphatic carbocycles. The minimum absolute atomic E-state index is 0.849. The van der Waals surface area contributed by atoms with Crippen molar-refractivity contribution in [1.82, 2.24) is 24.8 Å². The average Bonchev–Trinajstić information content (AvgIpc) is 2.62. The molecule has 2 aromatic rings. The van der Waals surface area contributed by atoms with E-state index < -0.39 is 0 Å². The molecule has 6 nitrogen and oxygen atoms in total. The van der Waals surface area contributed by atoms with Gasteiger partial charge >= 0.3 is 0 Å². The quantitative estimate of drug-likeness (QED) is 0.759. The van der Waals surface area contributed by atoms with Crippen LogP contribution in [0.1, 0.15) is 0 Å². The first-order chi connectivity index (χ1) is 7.27. The summed E-state index contributed by atoms with van der Waals surface area (Å²) in [4.78, 5) is 6.32. The first-order valence-electron chi connectivity index (χ1n) is 4.80. The first kappa shape index (κ1) is 9.85. The van der Waals surface area contributed by atoms with Gasteiger partial charge in [-0.3, -0.25) is 0 Å². The van der Waals surface area contributed by atoms with E-state index in [0.29, 0.717) is 0 Å². The zero-order valence-corrected chi connectivity index (χ0v) is 8.88. The summed E-state index contributed by atoms with van der Waals surface area (Å²) in [6, 6.07) is 0. The third kappa shape index (κ3) is 2.21. The van der Waals surface area contributed by atoms with Crippen LogP contribution in [-0.2, 0) is 0 Å². The summed E-state index contributed by atoms with van der Waals surface area (Å²) in [5, 5.41) is 7.60. The number of rotatable bonds is 4. The topological polar surface area (TPSA) is 58.9 Å². The highest BCUT2D eigenvalue weighted by Gasteiger charge is 2.01. The predicted octanol–water partition coefficient (Wildman–Crippen LogP) is -0.0686. The van der Waals surface area contributed by atoms with Gasteiger partial charge in [-0.2, -0.15) is 10.2 Å². The van der Waals surface area contributed by atoms with Crippen LogP contribution in [-0.4, -0.2) is 51.9 Å². The fourth-order valence-corrected chi connectivity index (χ4v) is 1.30. The lowest BCUT2D eigenvalue weighted by Gasteiger charge is -2.11. The normalized spacial score (nSPS) is 11.1. The Labute approximate surface area is 87.9 Å². The smallest absolute Gasteiger partial charge is 0.115 e. The summed E-state index contributed by atoms with van der Waals surface area (Å²) in [6.45, 7) is 1.83. The summed E-state index contributed by atoms with van der Waals surface area (Å²) in [5.74, 6) is 0. The maximum Gasteiger partial charge on any atom is 0.115 e. The average molecular weight is 206 g/mol. The van der Waals surface area contributed by atoms with Gasteiger partial charge in [-0.05, 0) is 14.1 Å². The van der Waals surface area contributed by atoms with Crippen molar-refractivity contribution in [2.75, 3.05) is 32.6 Å². The van der Waals surface area contributed by atoms with Crippen LogP contribution in [0.3, 0.4) is 0 Å². The molecular formula is C9H14N6. The van der Waals surface area contributed by atoms with Gasteiger partial charge in [0.05, 0.1) is 12.4 Å². The minimum Gasteiger partial charge on any atom is -0.323 e. The highest BCUT2D eigenvalue weighted by molar-refractivity contribution is 5.72. The van der Waals surface area contributed by atoms with Crippen LogP contribution in [0, 0.1) is 0 Å². The van der Waals surface area contributed by atoms with Crippen LogP contribution in [0.15, 0.2) is 18.7 Å². The van der Waals surface area contributed by atoms with E-state index in [2.05, 4.69) is 25.5 Å². The molecule has 0 unspecified atom stereocenters. The number of likely N-dealkylation sites (N-methyl/N-ethyl adjacent to an activating group) is 1. The maximum absolute atomic E-state index is 4.20. The molecule has 1 N–H and O–H groups in total. The highest BCUT2D eigenvalue weighted by atomic mass is 15.4. The van der Waals surface area contributed by atoms with Crippen molar-refractivity contribution in [2.45, 2.75) is 0 Å². The van der Waals surface area contributed by atoms with E-state index in [1.165, 1.54) is 0 Å². The van der Waals surface area contributed by atoms with Gasteiger partial charge in [0, 0.05) is 13.1 Å². The van der Waals surface area contributed by atoms with Crippen molar-refractivity contribution in [1.29, 1.82) is 0 Å². The molecule has 15 heavy (non-hydrogen) atoms. The molecule has 80 valence electrons. The third-order valence-electron chi connectivity index (χ3n) is 2.10. The van der Waals surface area contributed by atoms with Crippen molar-refractivity contribution in [3.05, 3.63) is 18.7 Å². The zero-order valence-electron chi connectivity index (χ0n) is 8.88. The number of nitrogens with zero attached hydrogens (tertiary/aromatic N) is 5. The molecule has 0 atom stereocenters. The summed E-state index contributed by atoms with van der Waals surface area (Å²) in [6.07, 6.45) is 5.09. The van der Waals surface area contributed by atoms with Crippen molar-refractivity contribution in [3.63, 3.8) is 0 Å². The molecule has 0 saturated heterocycles. The molecule has 0 amide bonds. The molecule has 0 aromatic carbocycles. The Morgan fingerprint density at radius 3 is 2.93 bits per heavy atom. The largest absolute Gasteiger partial charge is 0.323 e. The van der Waals surface area contributed by atoms with Crippen LogP contribution in [0.4, 0.5) is 0 Å². The van der Waals surface area contributed by atoms with Gasteiger partial charge in [0.1, 0.15) is 17.4 Å². The molecule has 6 heteroatoms. The lowest BCUT2D eigenvalue weighted by Crippen LogP contribution is -2.25. The van der Waals surface area contributed by atoms with E-state index >= 15 is 0 Å². The Morgan fingerprint density at radius 2 is 2.13 bits per heavy atom. The Balaban J connectivity index is 2.08.